The summed E-state index contributed by atoms with van der Waals surface area (Å²) in [6, 6.07) is 2.38. The van der Waals surface area contributed by atoms with Gasteiger partial charge in [0, 0.05) is 23.5 Å². The first-order valence-corrected chi connectivity index (χ1v) is 9.88. The van der Waals surface area contributed by atoms with Crippen molar-refractivity contribution >= 4 is 36.7 Å². The van der Waals surface area contributed by atoms with Gasteiger partial charge in [-0.25, -0.2) is 19.0 Å². The molecule has 0 radical (unpaired) electrons. The van der Waals surface area contributed by atoms with Crippen LogP contribution in [0.15, 0.2) is 33.9 Å². The lowest BCUT2D eigenvalue weighted by Crippen LogP contribution is -2.07. The van der Waals surface area contributed by atoms with Crippen molar-refractivity contribution in [3.8, 4) is 11.5 Å². The van der Waals surface area contributed by atoms with E-state index in [1.165, 1.54) is 16.8 Å². The number of aromatic nitrogens is 4. The molecule has 3 heterocycles. The van der Waals surface area contributed by atoms with Crippen LogP contribution in [-0.2, 0) is 23.0 Å². The largest absolute Gasteiger partial charge is 0.433 e. The van der Waals surface area contributed by atoms with Crippen LogP contribution in [0.4, 0.5) is 13.2 Å². The molecular weight excluding hydrogens is 435 g/mol. The Kier molecular flexibility index (Phi) is 4.55. The van der Waals surface area contributed by atoms with E-state index in [0.29, 0.717) is 9.99 Å². The third kappa shape index (κ3) is 3.20. The smallest absolute Gasteiger partial charge is 0.325 e. The maximum atomic E-state index is 12.9. The maximum Gasteiger partial charge on any atom is 0.433 e. The minimum absolute atomic E-state index is 0.0713. The molecule has 0 aliphatic rings. The fourth-order valence-corrected chi connectivity index (χ4v) is 4.02. The highest BCUT2D eigenvalue weighted by Gasteiger charge is 2.33. The average molecular weight is 448 g/mol. The Balaban J connectivity index is 2.29. The zero-order chi connectivity index (χ0) is 19.3. The highest BCUT2D eigenvalue weighted by atomic mass is 79.9. The zero-order valence-corrected chi connectivity index (χ0v) is 16.0. The van der Waals surface area contributed by atoms with Gasteiger partial charge in [-0.3, -0.25) is 4.98 Å². The molecule has 0 aliphatic carbocycles. The van der Waals surface area contributed by atoms with Crippen molar-refractivity contribution in [2.75, 3.05) is 5.75 Å². The first-order valence-electron chi connectivity index (χ1n) is 7.36. The van der Waals surface area contributed by atoms with E-state index in [0.717, 1.165) is 12.3 Å². The van der Waals surface area contributed by atoms with E-state index in [1.54, 1.807) is 14.0 Å². The molecule has 0 aliphatic heterocycles. The summed E-state index contributed by atoms with van der Waals surface area (Å²) >= 11 is 3.24. The van der Waals surface area contributed by atoms with Gasteiger partial charge in [0.15, 0.2) is 5.82 Å². The van der Waals surface area contributed by atoms with E-state index in [-0.39, 0.29) is 27.7 Å². The minimum atomic E-state index is -4.58. The molecule has 0 fully saturated rings. The Labute approximate surface area is 155 Å². The molecule has 0 unspecified atom stereocenters. The molecule has 11 heteroatoms. The van der Waals surface area contributed by atoms with Gasteiger partial charge in [-0.05, 0) is 28.1 Å². The number of hydrogen-bond donors (Lipinski definition) is 1. The summed E-state index contributed by atoms with van der Waals surface area (Å²) in [5.74, 6) is 0.291. The molecule has 26 heavy (non-hydrogen) atoms. The summed E-state index contributed by atoms with van der Waals surface area (Å²) in [5.41, 5.74) is -0.385. The first-order chi connectivity index (χ1) is 12.0. The van der Waals surface area contributed by atoms with Crippen LogP contribution >= 0.6 is 15.9 Å². The van der Waals surface area contributed by atoms with Crippen molar-refractivity contribution in [2.24, 2.45) is 7.05 Å². The van der Waals surface area contributed by atoms with Gasteiger partial charge in [0.1, 0.15) is 11.4 Å². The van der Waals surface area contributed by atoms with Gasteiger partial charge in [-0.1, -0.05) is 6.92 Å². The molecule has 0 spiro atoms. The molecule has 1 N–H and O–H groups in total. The predicted octanol–water partition coefficient (Wildman–Crippen LogP) is 4.24. The van der Waals surface area contributed by atoms with Gasteiger partial charge in [0.2, 0.25) is 0 Å². The third-order valence-corrected chi connectivity index (χ3v) is 6.12. The lowest BCUT2D eigenvalue weighted by Gasteiger charge is -2.11. The van der Waals surface area contributed by atoms with Crippen molar-refractivity contribution in [1.29, 1.82) is 4.78 Å². The molecule has 0 aromatic carbocycles. The highest BCUT2D eigenvalue weighted by Crippen LogP contribution is 2.33. The van der Waals surface area contributed by atoms with Crippen LogP contribution in [0.5, 0.6) is 0 Å². The van der Waals surface area contributed by atoms with Gasteiger partial charge in [-0.2, -0.15) is 13.2 Å². The van der Waals surface area contributed by atoms with E-state index in [2.05, 4.69) is 30.9 Å². The summed E-state index contributed by atoms with van der Waals surface area (Å²) < 4.78 is 61.4. The summed E-state index contributed by atoms with van der Waals surface area (Å²) in [6.45, 7) is 1.62. The Morgan fingerprint density at radius 3 is 2.58 bits per heavy atom. The van der Waals surface area contributed by atoms with Gasteiger partial charge >= 0.3 is 6.18 Å². The standard InChI is InChI=1S/C15H13BrF3N5OS/c1-3-26(20,25)11-4-8(16)6-22-13(11)14-23-9-5-12(15(17,18)19)21-7-10(9)24(14)2/h4-7,20H,3H2,1-2H3/t26-/m1/s1. The molecule has 3 aromatic rings. The lowest BCUT2D eigenvalue weighted by molar-refractivity contribution is -0.141. The number of hydrogen-bond acceptors (Lipinski definition) is 5. The van der Waals surface area contributed by atoms with Crippen LogP contribution in [-0.4, -0.2) is 29.5 Å². The van der Waals surface area contributed by atoms with Crippen LogP contribution < -0.4 is 0 Å². The molecule has 3 rings (SSSR count). The van der Waals surface area contributed by atoms with Gasteiger partial charge < -0.3 is 4.57 Å². The van der Waals surface area contributed by atoms with Crippen molar-refractivity contribution in [2.45, 2.75) is 18.0 Å². The molecule has 6 nitrogen and oxygen atoms in total. The number of nitrogens with one attached hydrogen (secondary N) is 1. The maximum absolute atomic E-state index is 12.9. The number of pyridine rings is 2. The molecule has 0 saturated heterocycles. The summed E-state index contributed by atoms with van der Waals surface area (Å²) in [5, 5.41) is 0. The number of halogens is 4. The number of alkyl halides is 3. The topological polar surface area (TPSA) is 84.5 Å². The zero-order valence-electron chi connectivity index (χ0n) is 13.6. The molecular formula is C15H13BrF3N5OS. The second kappa shape index (κ2) is 6.31. The van der Waals surface area contributed by atoms with Crippen LogP contribution in [0.2, 0.25) is 0 Å². The predicted molar refractivity (Wildman–Crippen MR) is 94.1 cm³/mol. The number of rotatable bonds is 3. The summed E-state index contributed by atoms with van der Waals surface area (Å²) in [4.78, 5) is 12.1. The summed E-state index contributed by atoms with van der Waals surface area (Å²) in [7, 11) is -1.52. The minimum Gasteiger partial charge on any atom is -0.325 e. The Bertz CT molecular complexity index is 1110. The number of fused-ring (bicyclic) bond motifs is 1. The van der Waals surface area contributed by atoms with E-state index < -0.39 is 21.6 Å². The second-order valence-corrected chi connectivity index (χ2v) is 8.80. The molecule has 0 bridgehead atoms. The van der Waals surface area contributed by atoms with Crippen LogP contribution in [0.1, 0.15) is 12.6 Å². The molecule has 0 saturated carbocycles. The fourth-order valence-electron chi connectivity index (χ4n) is 2.45. The number of aryl methyl sites for hydroxylation is 1. The van der Waals surface area contributed by atoms with Crippen LogP contribution in [0.3, 0.4) is 0 Å². The SMILES string of the molecule is CC[S@@](=N)(=O)c1cc(Br)cnc1-c1nc2cc(C(F)(F)F)ncc2n1C. The average Bonchev–Trinajstić information content (AvgIpc) is 2.90. The molecule has 0 amide bonds. The van der Waals surface area contributed by atoms with E-state index in [9.17, 15) is 17.4 Å². The van der Waals surface area contributed by atoms with Gasteiger partial charge in [0.05, 0.1) is 31.9 Å². The summed E-state index contributed by atoms with van der Waals surface area (Å²) in [6.07, 6.45) is -2.03. The third-order valence-electron chi connectivity index (χ3n) is 3.85. The van der Waals surface area contributed by atoms with E-state index >= 15 is 0 Å². The molecule has 3 aromatic heterocycles. The Morgan fingerprint density at radius 1 is 1.27 bits per heavy atom. The van der Waals surface area contributed by atoms with Crippen LogP contribution in [0.25, 0.3) is 22.6 Å². The first kappa shape index (κ1) is 18.8. The number of nitrogens with zero attached hydrogens (tertiary/aromatic N) is 4. The molecule has 1 atom stereocenters. The lowest BCUT2D eigenvalue weighted by atomic mass is 10.3. The Hall–Kier alpha value is -2.01. The van der Waals surface area contributed by atoms with E-state index in [1.807, 2.05) is 0 Å². The highest BCUT2D eigenvalue weighted by molar-refractivity contribution is 9.10. The second-order valence-electron chi connectivity index (χ2n) is 5.51. The van der Waals surface area contributed by atoms with Gasteiger partial charge in [-0.15, -0.1) is 0 Å². The quantitative estimate of drug-likeness (QED) is 0.650. The molecule has 138 valence electrons. The Morgan fingerprint density at radius 2 is 1.96 bits per heavy atom. The normalized spacial score (nSPS) is 14.5. The van der Waals surface area contributed by atoms with E-state index in [4.69, 9.17) is 4.78 Å². The fraction of sp³-hybridized carbons (Fsp3) is 0.267. The van der Waals surface area contributed by atoms with Crippen LogP contribution in [0, 0.1) is 4.78 Å². The van der Waals surface area contributed by atoms with Crippen molar-refractivity contribution in [3.63, 3.8) is 0 Å². The van der Waals surface area contributed by atoms with Crippen molar-refractivity contribution in [1.82, 2.24) is 19.5 Å². The van der Waals surface area contributed by atoms with Gasteiger partial charge in [0.25, 0.3) is 0 Å². The van der Waals surface area contributed by atoms with Crippen molar-refractivity contribution in [3.05, 3.63) is 34.7 Å². The van der Waals surface area contributed by atoms with Crippen molar-refractivity contribution < 1.29 is 17.4 Å². The monoisotopic (exact) mass is 447 g/mol. The number of imidazole rings is 1.